The third-order valence-corrected chi connectivity index (χ3v) is 7.49. The number of rotatable bonds is 0. The summed E-state index contributed by atoms with van der Waals surface area (Å²) >= 11 is 0. The van der Waals surface area contributed by atoms with Gasteiger partial charge in [0, 0.05) is 26.2 Å². The van der Waals surface area contributed by atoms with Gasteiger partial charge in [0.25, 0.3) is 0 Å². The molecule has 4 heteroatoms. The van der Waals surface area contributed by atoms with Gasteiger partial charge in [-0.25, -0.2) is 0 Å². The minimum atomic E-state index is 0.912. The van der Waals surface area contributed by atoms with E-state index in [4.69, 9.17) is 0 Å². The van der Waals surface area contributed by atoms with Gasteiger partial charge in [-0.2, -0.15) is 0 Å². The zero-order valence-electron chi connectivity index (χ0n) is 19.3. The summed E-state index contributed by atoms with van der Waals surface area (Å²) in [5.41, 5.74) is 11.0. The Balaban J connectivity index is 1.37. The molecule has 0 unspecified atom stereocenters. The van der Waals surface area contributed by atoms with Crippen LogP contribution in [0.3, 0.4) is 0 Å². The second-order valence-corrected chi connectivity index (χ2v) is 9.59. The molecule has 0 amide bonds. The minimum absolute atomic E-state index is 0.912. The highest BCUT2D eigenvalue weighted by Crippen LogP contribution is 2.41. The van der Waals surface area contributed by atoms with Crippen molar-refractivity contribution < 1.29 is 0 Å². The topological polar surface area (TPSA) is 13.0 Å². The van der Waals surface area contributed by atoms with E-state index < -0.39 is 0 Å². The number of anilines is 4. The standard InChI is InChI=1S/C30H28N4/c1-2-10-24-18-32-22-34(30-16-8-7-15-29(30)32)20-26-12-4-3-11-25(26)19-33-21-31(17-23(24)9-1)27-13-5-6-14-28(27)33/h1-16H,17-22H2. The predicted molar refractivity (Wildman–Crippen MR) is 140 cm³/mol. The molecule has 4 aromatic carbocycles. The molecule has 0 spiro atoms. The molecule has 3 aliphatic heterocycles. The highest BCUT2D eigenvalue weighted by molar-refractivity contribution is 5.78. The number of hydrogen-bond acceptors (Lipinski definition) is 4. The van der Waals surface area contributed by atoms with Crippen LogP contribution in [-0.2, 0) is 26.2 Å². The molecule has 168 valence electrons. The third kappa shape index (κ3) is 3.21. The first-order chi connectivity index (χ1) is 16.8. The van der Waals surface area contributed by atoms with Gasteiger partial charge in [-0.15, -0.1) is 0 Å². The van der Waals surface area contributed by atoms with E-state index in [1.54, 1.807) is 0 Å². The van der Waals surface area contributed by atoms with Gasteiger partial charge in [0.15, 0.2) is 0 Å². The second kappa shape index (κ2) is 7.84. The second-order valence-electron chi connectivity index (χ2n) is 9.59. The van der Waals surface area contributed by atoms with Crippen molar-refractivity contribution in [1.82, 2.24) is 0 Å². The van der Waals surface area contributed by atoms with E-state index in [1.807, 2.05) is 0 Å². The number of benzene rings is 4. The van der Waals surface area contributed by atoms with Crippen LogP contribution in [0.2, 0.25) is 0 Å². The zero-order chi connectivity index (χ0) is 22.5. The Bertz CT molecular complexity index is 1160. The molecule has 0 N–H and O–H groups in total. The van der Waals surface area contributed by atoms with E-state index in [2.05, 4.69) is 117 Å². The van der Waals surface area contributed by atoms with Crippen molar-refractivity contribution >= 4 is 22.7 Å². The van der Waals surface area contributed by atoms with Gasteiger partial charge >= 0.3 is 0 Å². The molecule has 34 heavy (non-hydrogen) atoms. The zero-order valence-corrected chi connectivity index (χ0v) is 19.3. The van der Waals surface area contributed by atoms with Crippen LogP contribution in [-0.4, -0.2) is 13.3 Å². The van der Waals surface area contributed by atoms with E-state index in [9.17, 15) is 0 Å². The number of fused-ring (bicyclic) bond motifs is 12. The monoisotopic (exact) mass is 444 g/mol. The minimum Gasteiger partial charge on any atom is -0.348 e. The van der Waals surface area contributed by atoms with Gasteiger partial charge in [0.05, 0.1) is 36.1 Å². The molecule has 0 aromatic heterocycles. The maximum atomic E-state index is 2.53. The summed E-state index contributed by atoms with van der Waals surface area (Å²) in [5.74, 6) is 0. The van der Waals surface area contributed by atoms with Crippen molar-refractivity contribution in [2.45, 2.75) is 26.2 Å². The van der Waals surface area contributed by atoms with Crippen LogP contribution in [0.25, 0.3) is 0 Å². The highest BCUT2D eigenvalue weighted by atomic mass is 15.4. The third-order valence-electron chi connectivity index (χ3n) is 7.49. The van der Waals surface area contributed by atoms with Crippen molar-refractivity contribution in [3.05, 3.63) is 119 Å². The van der Waals surface area contributed by atoms with Crippen LogP contribution in [0.5, 0.6) is 0 Å². The van der Waals surface area contributed by atoms with Gasteiger partial charge in [0.1, 0.15) is 0 Å². The fourth-order valence-corrected chi connectivity index (χ4v) is 5.81. The fraction of sp³-hybridized carbons (Fsp3) is 0.200. The van der Waals surface area contributed by atoms with Gasteiger partial charge in [0.2, 0.25) is 0 Å². The molecule has 7 rings (SSSR count). The molecule has 4 nitrogen and oxygen atoms in total. The predicted octanol–water partition coefficient (Wildman–Crippen LogP) is 5.97. The molecule has 0 saturated heterocycles. The van der Waals surface area contributed by atoms with Crippen molar-refractivity contribution in [2.75, 3.05) is 32.9 Å². The molecule has 0 saturated carbocycles. The first-order valence-electron chi connectivity index (χ1n) is 12.1. The molecule has 0 aliphatic carbocycles. The Labute approximate surface area is 201 Å². The Kier molecular flexibility index (Phi) is 4.51. The molecule has 4 bridgehead atoms. The van der Waals surface area contributed by atoms with Gasteiger partial charge in [-0.1, -0.05) is 72.8 Å². The van der Waals surface area contributed by atoms with Crippen LogP contribution in [0.4, 0.5) is 22.7 Å². The van der Waals surface area contributed by atoms with Crippen molar-refractivity contribution in [3.63, 3.8) is 0 Å². The van der Waals surface area contributed by atoms with Crippen LogP contribution in [0.1, 0.15) is 22.3 Å². The maximum absolute atomic E-state index is 2.53. The molecule has 3 heterocycles. The summed E-state index contributed by atoms with van der Waals surface area (Å²) in [5, 5.41) is 0. The average molecular weight is 445 g/mol. The summed E-state index contributed by atoms with van der Waals surface area (Å²) in [7, 11) is 0. The van der Waals surface area contributed by atoms with E-state index in [0.717, 1.165) is 39.5 Å². The number of para-hydroxylation sites is 4. The lowest BCUT2D eigenvalue weighted by atomic mass is 10.1. The van der Waals surface area contributed by atoms with Gasteiger partial charge in [-0.05, 0) is 46.5 Å². The Morgan fingerprint density at radius 1 is 0.324 bits per heavy atom. The molecular formula is C30H28N4. The smallest absolute Gasteiger partial charge is 0.0911 e. The van der Waals surface area contributed by atoms with Crippen molar-refractivity contribution in [3.8, 4) is 0 Å². The van der Waals surface area contributed by atoms with E-state index >= 15 is 0 Å². The number of hydrogen-bond donors (Lipinski definition) is 0. The Morgan fingerprint density at radius 2 is 0.559 bits per heavy atom. The van der Waals surface area contributed by atoms with Crippen LogP contribution < -0.4 is 19.6 Å². The first kappa shape index (κ1) is 19.5. The largest absolute Gasteiger partial charge is 0.348 e. The molecule has 0 fully saturated rings. The molecular weight excluding hydrogens is 416 g/mol. The molecule has 0 atom stereocenters. The highest BCUT2D eigenvalue weighted by Gasteiger charge is 2.30. The van der Waals surface area contributed by atoms with Crippen molar-refractivity contribution in [1.29, 1.82) is 0 Å². The van der Waals surface area contributed by atoms with Crippen LogP contribution in [0, 0.1) is 0 Å². The Hall–Kier alpha value is -3.92. The first-order valence-corrected chi connectivity index (χ1v) is 12.1. The van der Waals surface area contributed by atoms with E-state index in [1.165, 1.54) is 45.0 Å². The lowest BCUT2D eigenvalue weighted by molar-refractivity contribution is 0.723. The maximum Gasteiger partial charge on any atom is 0.0911 e. The van der Waals surface area contributed by atoms with Crippen LogP contribution in [0.15, 0.2) is 97.1 Å². The molecule has 3 aliphatic rings. The SMILES string of the molecule is c1ccc2c(c1)CN1CN(Cc3ccccc3CN3CN(C2)c2ccccc23)c2ccccc21. The summed E-state index contributed by atoms with van der Waals surface area (Å²) < 4.78 is 0. The normalized spacial score (nSPS) is 16.5. The average Bonchev–Trinajstić information content (AvgIpc) is 3.39. The van der Waals surface area contributed by atoms with E-state index in [-0.39, 0.29) is 0 Å². The summed E-state index contributed by atoms with van der Waals surface area (Å²) in [4.78, 5) is 10.1. The lowest BCUT2D eigenvalue weighted by Crippen LogP contribution is -2.33. The van der Waals surface area contributed by atoms with Gasteiger partial charge < -0.3 is 19.6 Å². The quantitative estimate of drug-likeness (QED) is 0.331. The van der Waals surface area contributed by atoms with Crippen LogP contribution >= 0.6 is 0 Å². The lowest BCUT2D eigenvalue weighted by Gasteiger charge is -2.27. The van der Waals surface area contributed by atoms with E-state index in [0.29, 0.717) is 0 Å². The summed E-state index contributed by atoms with van der Waals surface area (Å²) in [6.07, 6.45) is 0. The molecule has 4 aromatic rings. The Morgan fingerprint density at radius 3 is 0.824 bits per heavy atom. The summed E-state index contributed by atoms with van der Waals surface area (Å²) in [6.45, 7) is 5.51. The molecule has 0 radical (unpaired) electrons. The fourth-order valence-electron chi connectivity index (χ4n) is 5.81. The van der Waals surface area contributed by atoms with Gasteiger partial charge in [-0.3, -0.25) is 0 Å². The van der Waals surface area contributed by atoms with Crippen molar-refractivity contribution in [2.24, 2.45) is 0 Å². The summed E-state index contributed by atoms with van der Waals surface area (Å²) in [6, 6.07) is 35.7. The number of nitrogens with zero attached hydrogens (tertiary/aromatic N) is 4.